The fraction of sp³-hybridized carbons (Fsp3) is 0.800. The fourth-order valence-corrected chi connectivity index (χ4v) is 1.22. The predicted molar refractivity (Wildman–Crippen MR) is 53.1 cm³/mol. The van der Waals surface area contributed by atoms with Crippen molar-refractivity contribution in [1.29, 1.82) is 0 Å². The first kappa shape index (κ1) is 11.0. The van der Waals surface area contributed by atoms with Crippen LogP contribution in [0.25, 0.3) is 0 Å². The largest absolute Gasteiger partial charge is 0.273 e. The summed E-state index contributed by atoms with van der Waals surface area (Å²) in [5.41, 5.74) is 2.19. The van der Waals surface area contributed by atoms with Crippen LogP contribution in [0.15, 0.2) is 0 Å². The number of amides is 2. The molecule has 4 heteroatoms. The van der Waals surface area contributed by atoms with E-state index in [-0.39, 0.29) is 17.7 Å². The van der Waals surface area contributed by atoms with E-state index in [2.05, 4.69) is 5.43 Å². The Hall–Kier alpha value is -1.06. The Labute approximate surface area is 84.6 Å². The lowest BCUT2D eigenvalue weighted by Gasteiger charge is -2.23. The van der Waals surface area contributed by atoms with Crippen LogP contribution in [0.5, 0.6) is 0 Å². The SMILES string of the molecule is CC1CCN(NC(=O)C(C)(C)C)C1=O. The third-order valence-electron chi connectivity index (χ3n) is 2.39. The van der Waals surface area contributed by atoms with Crippen molar-refractivity contribution in [2.24, 2.45) is 11.3 Å². The average Bonchev–Trinajstić information content (AvgIpc) is 2.34. The van der Waals surface area contributed by atoms with Crippen molar-refractivity contribution >= 4 is 11.8 Å². The topological polar surface area (TPSA) is 49.4 Å². The van der Waals surface area contributed by atoms with Gasteiger partial charge in [0.05, 0.1) is 0 Å². The molecule has 0 aromatic carbocycles. The van der Waals surface area contributed by atoms with E-state index in [0.717, 1.165) is 6.42 Å². The highest BCUT2D eigenvalue weighted by molar-refractivity contribution is 5.86. The minimum atomic E-state index is -0.452. The molecule has 0 bridgehead atoms. The van der Waals surface area contributed by atoms with Crippen molar-refractivity contribution in [3.8, 4) is 0 Å². The van der Waals surface area contributed by atoms with Gasteiger partial charge in [0.2, 0.25) is 11.8 Å². The standard InChI is InChI=1S/C10H18N2O2/c1-7-5-6-12(8(7)13)11-9(14)10(2,3)4/h7H,5-6H2,1-4H3,(H,11,14). The summed E-state index contributed by atoms with van der Waals surface area (Å²) in [6.45, 7) is 7.98. The van der Waals surface area contributed by atoms with E-state index in [0.29, 0.717) is 6.54 Å². The molecule has 0 saturated carbocycles. The summed E-state index contributed by atoms with van der Waals surface area (Å²) < 4.78 is 0. The third kappa shape index (κ3) is 2.25. The third-order valence-corrected chi connectivity index (χ3v) is 2.39. The second-order valence-electron chi connectivity index (χ2n) is 4.87. The second-order valence-corrected chi connectivity index (χ2v) is 4.87. The summed E-state index contributed by atoms with van der Waals surface area (Å²) in [5.74, 6) is -0.0576. The van der Waals surface area contributed by atoms with Gasteiger partial charge in [0, 0.05) is 17.9 Å². The number of carbonyl (C=O) groups is 2. The molecular formula is C10H18N2O2. The van der Waals surface area contributed by atoms with Gasteiger partial charge in [-0.15, -0.1) is 0 Å². The summed E-state index contributed by atoms with van der Waals surface area (Å²) in [7, 11) is 0. The average molecular weight is 198 g/mol. The molecule has 1 aliphatic heterocycles. The van der Waals surface area contributed by atoms with Crippen LogP contribution >= 0.6 is 0 Å². The summed E-state index contributed by atoms with van der Waals surface area (Å²) >= 11 is 0. The summed E-state index contributed by atoms with van der Waals surface area (Å²) in [5, 5.41) is 1.43. The van der Waals surface area contributed by atoms with E-state index < -0.39 is 5.41 Å². The molecule has 1 unspecified atom stereocenters. The zero-order valence-corrected chi connectivity index (χ0v) is 9.26. The van der Waals surface area contributed by atoms with Gasteiger partial charge in [-0.05, 0) is 6.42 Å². The summed E-state index contributed by atoms with van der Waals surface area (Å²) in [6.07, 6.45) is 0.823. The lowest BCUT2D eigenvalue weighted by molar-refractivity contribution is -0.143. The Balaban J connectivity index is 2.54. The number of hydrogen-bond donors (Lipinski definition) is 1. The molecule has 1 fully saturated rings. The Morgan fingerprint density at radius 2 is 2.07 bits per heavy atom. The molecule has 2 amide bonds. The van der Waals surface area contributed by atoms with E-state index >= 15 is 0 Å². The van der Waals surface area contributed by atoms with Gasteiger partial charge in [0.1, 0.15) is 0 Å². The first-order chi connectivity index (χ1) is 6.32. The number of nitrogens with zero attached hydrogens (tertiary/aromatic N) is 1. The van der Waals surface area contributed by atoms with Crippen molar-refractivity contribution < 1.29 is 9.59 Å². The Bertz CT molecular complexity index is 255. The van der Waals surface area contributed by atoms with Crippen molar-refractivity contribution in [3.05, 3.63) is 0 Å². The first-order valence-corrected chi connectivity index (χ1v) is 4.95. The summed E-state index contributed by atoms with van der Waals surface area (Å²) in [4.78, 5) is 23.0. The zero-order valence-electron chi connectivity index (χ0n) is 9.26. The van der Waals surface area contributed by atoms with Crippen LogP contribution in [0.1, 0.15) is 34.1 Å². The molecule has 1 atom stereocenters. The van der Waals surface area contributed by atoms with E-state index in [1.54, 1.807) is 0 Å². The molecule has 0 spiro atoms. The highest BCUT2D eigenvalue weighted by Crippen LogP contribution is 2.17. The molecule has 14 heavy (non-hydrogen) atoms. The molecule has 1 heterocycles. The Kier molecular flexibility index (Phi) is 2.83. The van der Waals surface area contributed by atoms with E-state index in [4.69, 9.17) is 0 Å². The highest BCUT2D eigenvalue weighted by Gasteiger charge is 2.31. The predicted octanol–water partition coefficient (Wildman–Crippen LogP) is 0.932. The molecule has 0 radical (unpaired) electrons. The van der Waals surface area contributed by atoms with Gasteiger partial charge in [-0.2, -0.15) is 0 Å². The van der Waals surface area contributed by atoms with Crippen LogP contribution in [0.4, 0.5) is 0 Å². The molecule has 1 aliphatic rings. The Morgan fingerprint density at radius 1 is 1.50 bits per heavy atom. The molecule has 0 aromatic heterocycles. The number of rotatable bonds is 1. The van der Waals surface area contributed by atoms with E-state index in [1.165, 1.54) is 5.01 Å². The monoisotopic (exact) mass is 198 g/mol. The molecule has 1 N–H and O–H groups in total. The van der Waals surface area contributed by atoms with Gasteiger partial charge in [-0.3, -0.25) is 20.0 Å². The number of nitrogens with one attached hydrogen (secondary N) is 1. The molecule has 1 rings (SSSR count). The smallest absolute Gasteiger partial charge is 0.243 e. The summed E-state index contributed by atoms with van der Waals surface area (Å²) in [6, 6.07) is 0. The number of hydrogen-bond acceptors (Lipinski definition) is 2. The molecule has 0 aromatic rings. The molecular weight excluding hydrogens is 180 g/mol. The maximum Gasteiger partial charge on any atom is 0.243 e. The minimum Gasteiger partial charge on any atom is -0.273 e. The lowest BCUT2D eigenvalue weighted by Crippen LogP contribution is -2.48. The highest BCUT2D eigenvalue weighted by atomic mass is 16.2. The molecule has 4 nitrogen and oxygen atoms in total. The normalized spacial score (nSPS) is 22.7. The van der Waals surface area contributed by atoms with E-state index in [9.17, 15) is 9.59 Å². The van der Waals surface area contributed by atoms with Crippen molar-refractivity contribution in [2.45, 2.75) is 34.1 Å². The molecule has 0 aliphatic carbocycles. The zero-order chi connectivity index (χ0) is 10.9. The van der Waals surface area contributed by atoms with Crippen molar-refractivity contribution in [3.63, 3.8) is 0 Å². The van der Waals surface area contributed by atoms with Gasteiger partial charge in [-0.25, -0.2) is 0 Å². The minimum absolute atomic E-state index is 0.0163. The number of hydrazine groups is 1. The maximum absolute atomic E-state index is 11.6. The lowest BCUT2D eigenvalue weighted by atomic mass is 9.96. The molecule has 80 valence electrons. The molecule has 1 saturated heterocycles. The maximum atomic E-state index is 11.6. The quantitative estimate of drug-likeness (QED) is 0.681. The van der Waals surface area contributed by atoms with Gasteiger partial charge >= 0.3 is 0 Å². The number of carbonyl (C=O) groups excluding carboxylic acids is 2. The van der Waals surface area contributed by atoms with Crippen LogP contribution < -0.4 is 5.43 Å². The van der Waals surface area contributed by atoms with Crippen LogP contribution in [0.2, 0.25) is 0 Å². The van der Waals surface area contributed by atoms with Crippen LogP contribution in [-0.2, 0) is 9.59 Å². The van der Waals surface area contributed by atoms with Crippen LogP contribution in [-0.4, -0.2) is 23.4 Å². The van der Waals surface area contributed by atoms with Crippen molar-refractivity contribution in [2.75, 3.05) is 6.54 Å². The van der Waals surface area contributed by atoms with Gasteiger partial charge in [0.15, 0.2) is 0 Å². The van der Waals surface area contributed by atoms with Gasteiger partial charge < -0.3 is 0 Å². The second kappa shape index (κ2) is 3.59. The van der Waals surface area contributed by atoms with Gasteiger partial charge in [-0.1, -0.05) is 27.7 Å². The Morgan fingerprint density at radius 3 is 2.43 bits per heavy atom. The van der Waals surface area contributed by atoms with E-state index in [1.807, 2.05) is 27.7 Å². The first-order valence-electron chi connectivity index (χ1n) is 4.95. The van der Waals surface area contributed by atoms with Gasteiger partial charge in [0.25, 0.3) is 0 Å². The van der Waals surface area contributed by atoms with Crippen LogP contribution in [0.3, 0.4) is 0 Å². The fourth-order valence-electron chi connectivity index (χ4n) is 1.22. The van der Waals surface area contributed by atoms with Crippen molar-refractivity contribution in [1.82, 2.24) is 10.4 Å². The van der Waals surface area contributed by atoms with Crippen LogP contribution in [0, 0.1) is 11.3 Å².